The second-order valence-corrected chi connectivity index (χ2v) is 5.98. The lowest BCUT2D eigenvalue weighted by atomic mass is 9.97. The summed E-state index contributed by atoms with van der Waals surface area (Å²) in [4.78, 5) is 10.3. The van der Waals surface area contributed by atoms with Crippen molar-refractivity contribution in [1.29, 1.82) is 0 Å². The monoisotopic (exact) mass is 348 g/mol. The Bertz CT molecular complexity index is 658. The molecule has 1 atom stereocenters. The molecule has 0 fully saturated rings. The zero-order valence-corrected chi connectivity index (χ0v) is 13.3. The molecule has 0 spiro atoms. The molecule has 2 N–H and O–H groups in total. The predicted molar refractivity (Wildman–Crippen MR) is 87.4 cm³/mol. The largest absolute Gasteiger partial charge is 0.327 e. The first kappa shape index (κ1) is 15.7. The third-order valence-electron chi connectivity index (χ3n) is 3.47. The van der Waals surface area contributed by atoms with Crippen LogP contribution >= 0.6 is 15.9 Å². The molecule has 0 aliphatic carbocycles. The standard InChI is InChI=1S/C16H17BrN2O2/c1-11-4-2-3-5-12(11)8-14(18)9-13-6-7-15(19(20)21)10-16(13)17/h2-7,10,14H,8-9,18H2,1H3. The van der Waals surface area contributed by atoms with Crippen LogP contribution < -0.4 is 5.73 Å². The molecule has 110 valence electrons. The molecule has 0 aliphatic heterocycles. The van der Waals surface area contributed by atoms with Crippen LogP contribution in [-0.2, 0) is 12.8 Å². The fourth-order valence-electron chi connectivity index (χ4n) is 2.29. The third-order valence-corrected chi connectivity index (χ3v) is 4.21. The summed E-state index contributed by atoms with van der Waals surface area (Å²) in [6, 6.07) is 13.0. The number of aryl methyl sites for hydroxylation is 1. The number of nitrogens with two attached hydrogens (primary N) is 1. The van der Waals surface area contributed by atoms with Crippen LogP contribution in [-0.4, -0.2) is 11.0 Å². The maximum Gasteiger partial charge on any atom is 0.270 e. The fraction of sp³-hybridized carbons (Fsp3) is 0.250. The maximum atomic E-state index is 10.7. The third kappa shape index (κ3) is 4.12. The van der Waals surface area contributed by atoms with Gasteiger partial charge in [0.25, 0.3) is 5.69 Å². The van der Waals surface area contributed by atoms with Crippen LogP contribution in [0.4, 0.5) is 5.69 Å². The summed E-state index contributed by atoms with van der Waals surface area (Å²) >= 11 is 3.38. The lowest BCUT2D eigenvalue weighted by Crippen LogP contribution is -2.26. The molecule has 0 bridgehead atoms. The van der Waals surface area contributed by atoms with Crippen molar-refractivity contribution >= 4 is 21.6 Å². The van der Waals surface area contributed by atoms with Crippen LogP contribution in [0.3, 0.4) is 0 Å². The first-order valence-corrected chi connectivity index (χ1v) is 7.49. The summed E-state index contributed by atoms with van der Waals surface area (Å²) in [7, 11) is 0. The number of nitro benzene ring substituents is 1. The van der Waals surface area contributed by atoms with Gasteiger partial charge in [0.2, 0.25) is 0 Å². The van der Waals surface area contributed by atoms with Gasteiger partial charge in [0.1, 0.15) is 0 Å². The molecule has 4 nitrogen and oxygen atoms in total. The van der Waals surface area contributed by atoms with Crippen molar-refractivity contribution in [2.45, 2.75) is 25.8 Å². The summed E-state index contributed by atoms with van der Waals surface area (Å²) in [5.74, 6) is 0. The first-order chi connectivity index (χ1) is 9.97. The number of hydrogen-bond acceptors (Lipinski definition) is 3. The van der Waals surface area contributed by atoms with Crippen LogP contribution in [0, 0.1) is 17.0 Å². The minimum absolute atomic E-state index is 0.0242. The van der Waals surface area contributed by atoms with E-state index >= 15 is 0 Å². The number of hydrogen-bond donors (Lipinski definition) is 1. The molecule has 2 rings (SSSR count). The molecule has 0 aliphatic rings. The predicted octanol–water partition coefficient (Wildman–Crippen LogP) is 3.78. The van der Waals surface area contributed by atoms with Crippen LogP contribution in [0.15, 0.2) is 46.9 Å². The van der Waals surface area contributed by atoms with Gasteiger partial charge in [0, 0.05) is 22.6 Å². The highest BCUT2D eigenvalue weighted by Crippen LogP contribution is 2.24. The van der Waals surface area contributed by atoms with Crippen molar-refractivity contribution in [3.63, 3.8) is 0 Å². The number of rotatable bonds is 5. The Hall–Kier alpha value is -1.72. The van der Waals surface area contributed by atoms with E-state index < -0.39 is 4.92 Å². The Balaban J connectivity index is 2.08. The normalized spacial score (nSPS) is 12.1. The highest BCUT2D eigenvalue weighted by atomic mass is 79.9. The van der Waals surface area contributed by atoms with Crippen LogP contribution in [0.2, 0.25) is 0 Å². The Kier molecular flexibility index (Phi) is 5.09. The van der Waals surface area contributed by atoms with Gasteiger partial charge in [-0.15, -0.1) is 0 Å². The summed E-state index contributed by atoms with van der Waals surface area (Å²) in [6.07, 6.45) is 1.46. The van der Waals surface area contributed by atoms with Gasteiger partial charge in [-0.05, 0) is 36.5 Å². The molecule has 0 heterocycles. The summed E-state index contributed by atoms with van der Waals surface area (Å²) < 4.78 is 0.733. The highest BCUT2D eigenvalue weighted by molar-refractivity contribution is 9.10. The molecular formula is C16H17BrN2O2. The van der Waals surface area contributed by atoms with Crippen molar-refractivity contribution < 1.29 is 4.92 Å². The van der Waals surface area contributed by atoms with Crippen molar-refractivity contribution in [1.82, 2.24) is 0 Å². The van der Waals surface area contributed by atoms with Gasteiger partial charge >= 0.3 is 0 Å². The van der Waals surface area contributed by atoms with Gasteiger partial charge in [0.15, 0.2) is 0 Å². The minimum Gasteiger partial charge on any atom is -0.327 e. The number of nitrogens with zero attached hydrogens (tertiary/aromatic N) is 1. The van der Waals surface area contributed by atoms with E-state index in [4.69, 9.17) is 5.73 Å². The summed E-state index contributed by atoms with van der Waals surface area (Å²) in [5.41, 5.74) is 9.76. The molecule has 21 heavy (non-hydrogen) atoms. The van der Waals surface area contributed by atoms with Gasteiger partial charge in [-0.25, -0.2) is 0 Å². The van der Waals surface area contributed by atoms with Gasteiger partial charge in [-0.3, -0.25) is 10.1 Å². The van der Waals surface area contributed by atoms with E-state index in [1.54, 1.807) is 6.07 Å². The molecular weight excluding hydrogens is 332 g/mol. The molecule has 2 aromatic rings. The molecule has 0 saturated carbocycles. The molecule has 0 saturated heterocycles. The Morgan fingerprint density at radius 3 is 2.48 bits per heavy atom. The van der Waals surface area contributed by atoms with Crippen molar-refractivity contribution in [3.8, 4) is 0 Å². The Morgan fingerprint density at radius 1 is 1.19 bits per heavy atom. The minimum atomic E-state index is -0.401. The Labute approximate surface area is 132 Å². The zero-order chi connectivity index (χ0) is 15.4. The van der Waals surface area contributed by atoms with Crippen molar-refractivity contribution in [2.24, 2.45) is 5.73 Å². The van der Waals surface area contributed by atoms with E-state index in [-0.39, 0.29) is 11.7 Å². The van der Waals surface area contributed by atoms with Crippen LogP contribution in [0.5, 0.6) is 0 Å². The quantitative estimate of drug-likeness (QED) is 0.660. The second kappa shape index (κ2) is 6.83. The van der Waals surface area contributed by atoms with Gasteiger partial charge in [0.05, 0.1) is 4.92 Å². The van der Waals surface area contributed by atoms with Crippen LogP contribution in [0.1, 0.15) is 16.7 Å². The van der Waals surface area contributed by atoms with E-state index in [1.165, 1.54) is 23.3 Å². The number of nitro groups is 1. The molecule has 0 amide bonds. The lowest BCUT2D eigenvalue weighted by Gasteiger charge is -2.14. The average Bonchev–Trinajstić information content (AvgIpc) is 2.43. The molecule has 1 unspecified atom stereocenters. The lowest BCUT2D eigenvalue weighted by molar-refractivity contribution is -0.384. The number of non-ortho nitro benzene ring substituents is 1. The van der Waals surface area contributed by atoms with Crippen LogP contribution in [0.25, 0.3) is 0 Å². The number of benzene rings is 2. The van der Waals surface area contributed by atoms with E-state index in [1.807, 2.05) is 12.1 Å². The molecule has 0 radical (unpaired) electrons. The molecule has 5 heteroatoms. The number of halogens is 1. The summed E-state index contributed by atoms with van der Waals surface area (Å²) in [6.45, 7) is 2.07. The molecule has 0 aromatic heterocycles. The highest BCUT2D eigenvalue weighted by Gasteiger charge is 2.13. The molecule has 2 aromatic carbocycles. The van der Waals surface area contributed by atoms with Gasteiger partial charge < -0.3 is 5.73 Å². The van der Waals surface area contributed by atoms with Gasteiger partial charge in [-0.1, -0.05) is 46.3 Å². The zero-order valence-electron chi connectivity index (χ0n) is 11.8. The average molecular weight is 349 g/mol. The topological polar surface area (TPSA) is 69.2 Å². The van der Waals surface area contributed by atoms with Crippen molar-refractivity contribution in [2.75, 3.05) is 0 Å². The Morgan fingerprint density at radius 2 is 1.86 bits per heavy atom. The second-order valence-electron chi connectivity index (χ2n) is 5.13. The van der Waals surface area contributed by atoms with E-state index in [9.17, 15) is 10.1 Å². The first-order valence-electron chi connectivity index (χ1n) is 6.70. The summed E-state index contributed by atoms with van der Waals surface area (Å²) in [5, 5.41) is 10.7. The van der Waals surface area contributed by atoms with E-state index in [0.29, 0.717) is 6.42 Å². The van der Waals surface area contributed by atoms with Gasteiger partial charge in [-0.2, -0.15) is 0 Å². The van der Waals surface area contributed by atoms with E-state index in [2.05, 4.69) is 35.0 Å². The fourth-order valence-corrected chi connectivity index (χ4v) is 2.82. The van der Waals surface area contributed by atoms with E-state index in [0.717, 1.165) is 16.5 Å². The smallest absolute Gasteiger partial charge is 0.270 e. The SMILES string of the molecule is Cc1ccccc1CC(N)Cc1ccc([N+](=O)[O-])cc1Br. The maximum absolute atomic E-state index is 10.7. The van der Waals surface area contributed by atoms with Crippen molar-refractivity contribution in [3.05, 3.63) is 73.7 Å².